The van der Waals surface area contributed by atoms with Crippen LogP contribution in [-0.2, 0) is 13.1 Å². The molecule has 3 rings (SSSR count). The lowest BCUT2D eigenvalue weighted by Crippen LogP contribution is -2.18. The first-order valence-electron chi connectivity index (χ1n) is 8.60. The Labute approximate surface area is 137 Å². The lowest BCUT2D eigenvalue weighted by Gasteiger charge is -2.26. The fourth-order valence-corrected chi connectivity index (χ4v) is 3.06. The van der Waals surface area contributed by atoms with E-state index in [0.29, 0.717) is 12.5 Å². The summed E-state index contributed by atoms with van der Waals surface area (Å²) in [7, 11) is 0. The standard InChI is InChI=1S/C18H26N4O/c1-14-7-2-3-10-17(14)23-12-5-4-11-22-18(15-8-6-9-15)16(13-19)20-21-22/h2-3,7,10,15H,4-6,8-9,11-13,19H2,1H3. The average molecular weight is 314 g/mol. The number of benzene rings is 1. The molecule has 2 aromatic rings. The monoisotopic (exact) mass is 314 g/mol. The molecular weight excluding hydrogens is 288 g/mol. The Balaban J connectivity index is 1.47. The molecule has 1 saturated carbocycles. The Morgan fingerprint density at radius 2 is 2.09 bits per heavy atom. The number of hydrogen-bond acceptors (Lipinski definition) is 4. The normalized spacial score (nSPS) is 14.7. The number of unbranched alkanes of at least 4 members (excludes halogenated alkanes) is 1. The molecule has 1 heterocycles. The minimum atomic E-state index is 0.488. The smallest absolute Gasteiger partial charge is 0.122 e. The third-order valence-corrected chi connectivity index (χ3v) is 4.65. The van der Waals surface area contributed by atoms with Gasteiger partial charge in [-0.05, 0) is 44.2 Å². The minimum Gasteiger partial charge on any atom is -0.493 e. The Kier molecular flexibility index (Phi) is 5.28. The average Bonchev–Trinajstić information content (AvgIpc) is 2.90. The first-order valence-corrected chi connectivity index (χ1v) is 8.60. The van der Waals surface area contributed by atoms with Gasteiger partial charge in [0, 0.05) is 19.0 Å². The molecule has 1 aliphatic carbocycles. The maximum absolute atomic E-state index is 5.85. The van der Waals surface area contributed by atoms with Gasteiger partial charge in [0.05, 0.1) is 18.0 Å². The van der Waals surface area contributed by atoms with E-state index in [-0.39, 0.29) is 0 Å². The van der Waals surface area contributed by atoms with Crippen LogP contribution in [0.15, 0.2) is 24.3 Å². The van der Waals surface area contributed by atoms with Crippen LogP contribution < -0.4 is 10.5 Å². The van der Waals surface area contributed by atoms with Gasteiger partial charge in [0.25, 0.3) is 0 Å². The van der Waals surface area contributed by atoms with Crippen molar-refractivity contribution in [1.82, 2.24) is 15.0 Å². The van der Waals surface area contributed by atoms with Crippen LogP contribution in [-0.4, -0.2) is 21.6 Å². The second-order valence-electron chi connectivity index (χ2n) is 6.30. The van der Waals surface area contributed by atoms with Crippen LogP contribution in [0.25, 0.3) is 0 Å². The van der Waals surface area contributed by atoms with Gasteiger partial charge < -0.3 is 10.5 Å². The summed E-state index contributed by atoms with van der Waals surface area (Å²) < 4.78 is 7.92. The third kappa shape index (κ3) is 3.72. The fourth-order valence-electron chi connectivity index (χ4n) is 3.06. The maximum Gasteiger partial charge on any atom is 0.122 e. The predicted octanol–water partition coefficient (Wildman–Crippen LogP) is 3.17. The summed E-state index contributed by atoms with van der Waals surface area (Å²) in [5, 5.41) is 8.56. The van der Waals surface area contributed by atoms with E-state index in [4.69, 9.17) is 10.5 Å². The van der Waals surface area contributed by atoms with E-state index in [1.165, 1.54) is 30.5 Å². The quantitative estimate of drug-likeness (QED) is 0.760. The van der Waals surface area contributed by atoms with E-state index < -0.39 is 0 Å². The van der Waals surface area contributed by atoms with Gasteiger partial charge in [-0.25, -0.2) is 4.68 Å². The molecule has 0 atom stereocenters. The summed E-state index contributed by atoms with van der Waals surface area (Å²) in [4.78, 5) is 0. The lowest BCUT2D eigenvalue weighted by atomic mass is 9.82. The summed E-state index contributed by atoms with van der Waals surface area (Å²) in [5.74, 6) is 1.60. The first kappa shape index (κ1) is 16.0. The van der Waals surface area contributed by atoms with Gasteiger partial charge in [0.1, 0.15) is 5.75 Å². The molecule has 124 valence electrons. The predicted molar refractivity (Wildman–Crippen MR) is 90.4 cm³/mol. The zero-order chi connectivity index (χ0) is 16.1. The van der Waals surface area contributed by atoms with Crippen LogP contribution in [0, 0.1) is 6.92 Å². The van der Waals surface area contributed by atoms with Crippen molar-refractivity contribution in [2.45, 2.75) is 58.0 Å². The molecule has 0 saturated heterocycles. The highest BCUT2D eigenvalue weighted by molar-refractivity contribution is 5.31. The van der Waals surface area contributed by atoms with Crippen molar-refractivity contribution in [2.75, 3.05) is 6.61 Å². The SMILES string of the molecule is Cc1ccccc1OCCCCn1nnc(CN)c1C1CCC1. The van der Waals surface area contributed by atoms with Gasteiger partial charge in [0.2, 0.25) is 0 Å². The van der Waals surface area contributed by atoms with E-state index in [9.17, 15) is 0 Å². The first-order chi connectivity index (χ1) is 11.3. The Morgan fingerprint density at radius 1 is 1.26 bits per heavy atom. The number of hydrogen-bond donors (Lipinski definition) is 1. The van der Waals surface area contributed by atoms with Crippen molar-refractivity contribution < 1.29 is 4.74 Å². The summed E-state index contributed by atoms with van der Waals surface area (Å²) >= 11 is 0. The topological polar surface area (TPSA) is 66.0 Å². The molecule has 2 N–H and O–H groups in total. The second kappa shape index (κ2) is 7.59. The fraction of sp³-hybridized carbons (Fsp3) is 0.556. The highest BCUT2D eigenvalue weighted by atomic mass is 16.5. The molecule has 5 heteroatoms. The molecule has 0 aliphatic heterocycles. The maximum atomic E-state index is 5.85. The molecule has 1 aromatic heterocycles. The minimum absolute atomic E-state index is 0.488. The van der Waals surface area contributed by atoms with Crippen LogP contribution in [0.4, 0.5) is 0 Å². The molecule has 0 unspecified atom stereocenters. The number of nitrogens with zero attached hydrogens (tertiary/aromatic N) is 3. The summed E-state index contributed by atoms with van der Waals surface area (Å²) in [5.41, 5.74) is 9.24. The van der Waals surface area contributed by atoms with E-state index in [1.54, 1.807) is 0 Å². The highest BCUT2D eigenvalue weighted by Crippen LogP contribution is 2.37. The Hall–Kier alpha value is -1.88. The molecule has 0 bridgehead atoms. The van der Waals surface area contributed by atoms with Crippen molar-refractivity contribution >= 4 is 0 Å². The van der Waals surface area contributed by atoms with Gasteiger partial charge in [-0.3, -0.25) is 0 Å². The van der Waals surface area contributed by atoms with E-state index >= 15 is 0 Å². The summed E-state index contributed by atoms with van der Waals surface area (Å²) in [6, 6.07) is 8.14. The number of ether oxygens (including phenoxy) is 1. The zero-order valence-electron chi connectivity index (χ0n) is 13.9. The molecular formula is C18H26N4O. The van der Waals surface area contributed by atoms with Gasteiger partial charge in [-0.2, -0.15) is 0 Å². The second-order valence-corrected chi connectivity index (χ2v) is 6.30. The van der Waals surface area contributed by atoms with Crippen molar-refractivity contribution in [1.29, 1.82) is 0 Å². The number of nitrogens with two attached hydrogens (primary N) is 1. The molecule has 0 amide bonds. The lowest BCUT2D eigenvalue weighted by molar-refractivity contribution is 0.297. The number of aromatic nitrogens is 3. The van der Waals surface area contributed by atoms with Crippen molar-refractivity contribution in [3.05, 3.63) is 41.2 Å². The Morgan fingerprint density at radius 3 is 2.78 bits per heavy atom. The van der Waals surface area contributed by atoms with E-state index in [0.717, 1.165) is 37.4 Å². The molecule has 0 spiro atoms. The van der Waals surface area contributed by atoms with Crippen LogP contribution in [0.2, 0.25) is 0 Å². The van der Waals surface area contributed by atoms with Crippen LogP contribution in [0.5, 0.6) is 5.75 Å². The summed E-state index contributed by atoms with van der Waals surface area (Å²) in [6.07, 6.45) is 5.85. The van der Waals surface area contributed by atoms with Crippen molar-refractivity contribution in [3.63, 3.8) is 0 Å². The number of para-hydroxylation sites is 1. The van der Waals surface area contributed by atoms with Gasteiger partial charge in [0.15, 0.2) is 0 Å². The van der Waals surface area contributed by atoms with Crippen molar-refractivity contribution in [2.24, 2.45) is 5.73 Å². The van der Waals surface area contributed by atoms with Crippen LogP contribution in [0.3, 0.4) is 0 Å². The summed E-state index contributed by atoms with van der Waals surface area (Å²) in [6.45, 7) is 4.20. The van der Waals surface area contributed by atoms with Gasteiger partial charge >= 0.3 is 0 Å². The van der Waals surface area contributed by atoms with Crippen molar-refractivity contribution in [3.8, 4) is 5.75 Å². The highest BCUT2D eigenvalue weighted by Gasteiger charge is 2.26. The largest absolute Gasteiger partial charge is 0.493 e. The molecule has 1 aliphatic rings. The molecule has 1 fully saturated rings. The Bertz CT molecular complexity index is 634. The third-order valence-electron chi connectivity index (χ3n) is 4.65. The number of rotatable bonds is 8. The van der Waals surface area contributed by atoms with Crippen LogP contribution in [0.1, 0.15) is 55.0 Å². The zero-order valence-corrected chi connectivity index (χ0v) is 13.9. The number of aryl methyl sites for hydroxylation is 2. The van der Waals surface area contributed by atoms with Gasteiger partial charge in [-0.1, -0.05) is 29.8 Å². The van der Waals surface area contributed by atoms with Gasteiger partial charge in [-0.15, -0.1) is 5.10 Å². The van der Waals surface area contributed by atoms with E-state index in [1.807, 2.05) is 18.2 Å². The molecule has 1 aromatic carbocycles. The molecule has 23 heavy (non-hydrogen) atoms. The molecule has 5 nitrogen and oxygen atoms in total. The van der Waals surface area contributed by atoms with Crippen LogP contribution >= 0.6 is 0 Å². The molecule has 0 radical (unpaired) electrons. The van der Waals surface area contributed by atoms with E-state index in [2.05, 4.69) is 28.0 Å².